The predicted molar refractivity (Wildman–Crippen MR) is 81.4 cm³/mol. The quantitative estimate of drug-likeness (QED) is 0.796. The topological polar surface area (TPSA) is 66.5 Å². The number of nitrogens with one attached hydrogen (secondary N) is 1. The molecule has 0 radical (unpaired) electrons. The number of rotatable bonds is 6. The van der Waals surface area contributed by atoms with Crippen LogP contribution in [0, 0.1) is 5.92 Å². The fraction of sp³-hybridized carbons (Fsp3) is 0.929. The Kier molecular flexibility index (Phi) is 6.01. The first-order valence-corrected chi connectivity index (χ1v) is 9.29. The van der Waals surface area contributed by atoms with Gasteiger partial charge in [0, 0.05) is 19.3 Å². The van der Waals surface area contributed by atoms with E-state index in [9.17, 15) is 13.2 Å². The van der Waals surface area contributed by atoms with Gasteiger partial charge in [-0.05, 0) is 52.1 Å². The molecule has 20 heavy (non-hydrogen) atoms. The molecule has 6 heteroatoms. The van der Waals surface area contributed by atoms with E-state index in [1.165, 1.54) is 13.8 Å². The summed E-state index contributed by atoms with van der Waals surface area (Å²) in [6.07, 6.45) is 4.19. The van der Waals surface area contributed by atoms with E-state index < -0.39 is 14.6 Å². The van der Waals surface area contributed by atoms with E-state index in [1.807, 2.05) is 6.92 Å². The van der Waals surface area contributed by atoms with Gasteiger partial charge in [-0.15, -0.1) is 0 Å². The summed E-state index contributed by atoms with van der Waals surface area (Å²) in [6.45, 7) is 8.23. The summed E-state index contributed by atoms with van der Waals surface area (Å²) in [4.78, 5) is 14.3. The molecule has 1 fully saturated rings. The Bertz CT molecular complexity index is 426. The Hall–Kier alpha value is -0.620. The number of hydrogen-bond donors (Lipinski definition) is 1. The van der Waals surface area contributed by atoms with Crippen molar-refractivity contribution < 1.29 is 13.2 Å². The second kappa shape index (κ2) is 6.89. The van der Waals surface area contributed by atoms with Crippen molar-refractivity contribution in [2.45, 2.75) is 44.8 Å². The highest BCUT2D eigenvalue weighted by Gasteiger charge is 2.41. The van der Waals surface area contributed by atoms with Crippen LogP contribution in [0.1, 0.15) is 40.0 Å². The van der Waals surface area contributed by atoms with Gasteiger partial charge in [0.05, 0.1) is 0 Å². The monoisotopic (exact) mass is 304 g/mol. The largest absolute Gasteiger partial charge is 0.341 e. The van der Waals surface area contributed by atoms with Gasteiger partial charge in [-0.2, -0.15) is 0 Å². The molecular formula is C14H28N2O3S. The highest BCUT2D eigenvalue weighted by molar-refractivity contribution is 7.92. The number of carbonyl (C=O) groups is 1. The molecule has 1 aliphatic rings. The standard InChI is InChI=1S/C14H28N2O3S/c1-5-9-16(11-12-7-6-8-15-10-12)13(17)14(2,3)20(4,18)19/h12,15H,5-11H2,1-4H3. The van der Waals surface area contributed by atoms with E-state index >= 15 is 0 Å². The van der Waals surface area contributed by atoms with E-state index in [2.05, 4.69) is 5.32 Å². The predicted octanol–water partition coefficient (Wildman–Crippen LogP) is 1.05. The Labute approximate surface area is 123 Å². The minimum atomic E-state index is -3.41. The lowest BCUT2D eigenvalue weighted by Crippen LogP contribution is -2.52. The van der Waals surface area contributed by atoms with E-state index in [1.54, 1.807) is 4.90 Å². The summed E-state index contributed by atoms with van der Waals surface area (Å²) < 4.78 is 22.3. The van der Waals surface area contributed by atoms with Crippen molar-refractivity contribution in [2.24, 2.45) is 5.92 Å². The fourth-order valence-corrected chi connectivity index (χ4v) is 2.92. The maximum absolute atomic E-state index is 12.6. The smallest absolute Gasteiger partial charge is 0.243 e. The number of sulfone groups is 1. The first kappa shape index (κ1) is 17.4. The van der Waals surface area contributed by atoms with Crippen LogP contribution in [-0.4, -0.2) is 56.4 Å². The van der Waals surface area contributed by atoms with Gasteiger partial charge >= 0.3 is 0 Å². The Balaban J connectivity index is 2.81. The van der Waals surface area contributed by atoms with Gasteiger partial charge in [0.15, 0.2) is 9.84 Å². The highest BCUT2D eigenvalue weighted by Crippen LogP contribution is 2.21. The van der Waals surface area contributed by atoms with Crippen LogP contribution in [-0.2, 0) is 14.6 Å². The van der Waals surface area contributed by atoms with Crippen LogP contribution in [0.15, 0.2) is 0 Å². The summed E-state index contributed by atoms with van der Waals surface area (Å²) in [7, 11) is -3.41. The number of carbonyl (C=O) groups excluding carboxylic acids is 1. The van der Waals surface area contributed by atoms with Gasteiger partial charge in [-0.1, -0.05) is 6.92 Å². The molecule has 0 bridgehead atoms. The second-order valence-corrected chi connectivity index (χ2v) is 8.81. The van der Waals surface area contributed by atoms with Crippen molar-refractivity contribution in [3.63, 3.8) is 0 Å². The molecule has 118 valence electrons. The van der Waals surface area contributed by atoms with Crippen LogP contribution < -0.4 is 5.32 Å². The Morgan fingerprint density at radius 3 is 2.50 bits per heavy atom. The minimum Gasteiger partial charge on any atom is -0.341 e. The van der Waals surface area contributed by atoms with Crippen molar-refractivity contribution >= 4 is 15.7 Å². The average molecular weight is 304 g/mol. The molecular weight excluding hydrogens is 276 g/mol. The molecule has 1 aliphatic heterocycles. The SMILES string of the molecule is CCCN(CC1CCCNC1)C(=O)C(C)(C)S(C)(=O)=O. The molecule has 1 rings (SSSR count). The van der Waals surface area contributed by atoms with Gasteiger partial charge in [0.25, 0.3) is 0 Å². The number of piperidine rings is 1. The molecule has 0 spiro atoms. The molecule has 0 aliphatic carbocycles. The van der Waals surface area contributed by atoms with E-state index in [0.29, 0.717) is 19.0 Å². The third-order valence-electron chi connectivity index (χ3n) is 4.10. The van der Waals surface area contributed by atoms with E-state index in [4.69, 9.17) is 0 Å². The van der Waals surface area contributed by atoms with Gasteiger partial charge in [0.2, 0.25) is 5.91 Å². The lowest BCUT2D eigenvalue weighted by atomic mass is 9.98. The maximum atomic E-state index is 12.6. The lowest BCUT2D eigenvalue weighted by molar-refractivity contribution is -0.134. The molecule has 1 atom stereocenters. The molecule has 1 heterocycles. The third-order valence-corrected chi connectivity index (χ3v) is 6.13. The highest BCUT2D eigenvalue weighted by atomic mass is 32.2. The molecule has 1 unspecified atom stereocenters. The van der Waals surface area contributed by atoms with E-state index in [-0.39, 0.29) is 5.91 Å². The molecule has 1 N–H and O–H groups in total. The summed E-state index contributed by atoms with van der Waals surface area (Å²) in [6, 6.07) is 0. The molecule has 5 nitrogen and oxygen atoms in total. The van der Waals surface area contributed by atoms with E-state index in [0.717, 1.165) is 38.6 Å². The van der Waals surface area contributed by atoms with Crippen molar-refractivity contribution in [3.05, 3.63) is 0 Å². The summed E-state index contributed by atoms with van der Waals surface area (Å²) in [5.41, 5.74) is 0. The van der Waals surface area contributed by atoms with Crippen LogP contribution in [0.3, 0.4) is 0 Å². The van der Waals surface area contributed by atoms with Gasteiger partial charge in [-0.3, -0.25) is 4.79 Å². The third kappa shape index (κ3) is 4.19. The number of hydrogen-bond acceptors (Lipinski definition) is 4. The van der Waals surface area contributed by atoms with Crippen LogP contribution in [0.4, 0.5) is 0 Å². The zero-order chi connectivity index (χ0) is 15.4. The molecule has 0 aromatic heterocycles. The maximum Gasteiger partial charge on any atom is 0.243 e. The first-order chi connectivity index (χ1) is 9.20. The Morgan fingerprint density at radius 1 is 1.40 bits per heavy atom. The van der Waals surface area contributed by atoms with Crippen molar-refractivity contribution in [2.75, 3.05) is 32.4 Å². The van der Waals surface area contributed by atoms with Crippen LogP contribution in [0.5, 0.6) is 0 Å². The molecule has 1 saturated heterocycles. The van der Waals surface area contributed by atoms with Crippen LogP contribution in [0.2, 0.25) is 0 Å². The number of nitrogens with zero attached hydrogens (tertiary/aromatic N) is 1. The zero-order valence-corrected chi connectivity index (χ0v) is 13.9. The summed E-state index contributed by atoms with van der Waals surface area (Å²) >= 11 is 0. The summed E-state index contributed by atoms with van der Waals surface area (Å²) in [5, 5.41) is 3.33. The van der Waals surface area contributed by atoms with Crippen LogP contribution >= 0.6 is 0 Å². The second-order valence-electron chi connectivity index (χ2n) is 6.25. The molecule has 0 saturated carbocycles. The molecule has 0 aromatic carbocycles. The number of amides is 1. The fourth-order valence-electron chi connectivity index (χ4n) is 2.48. The first-order valence-electron chi connectivity index (χ1n) is 7.39. The van der Waals surface area contributed by atoms with Crippen LogP contribution in [0.25, 0.3) is 0 Å². The van der Waals surface area contributed by atoms with Gasteiger partial charge < -0.3 is 10.2 Å². The zero-order valence-electron chi connectivity index (χ0n) is 13.1. The molecule has 0 aromatic rings. The summed E-state index contributed by atoms with van der Waals surface area (Å²) in [5.74, 6) is 0.155. The molecule has 1 amide bonds. The lowest BCUT2D eigenvalue weighted by Gasteiger charge is -2.34. The van der Waals surface area contributed by atoms with Gasteiger partial charge in [0.1, 0.15) is 4.75 Å². The van der Waals surface area contributed by atoms with Crippen molar-refractivity contribution in [3.8, 4) is 0 Å². The van der Waals surface area contributed by atoms with Crippen molar-refractivity contribution in [1.82, 2.24) is 10.2 Å². The normalized spacial score (nSPS) is 20.7. The van der Waals surface area contributed by atoms with Gasteiger partial charge in [-0.25, -0.2) is 8.42 Å². The van der Waals surface area contributed by atoms with Crippen molar-refractivity contribution in [1.29, 1.82) is 0 Å². The minimum absolute atomic E-state index is 0.271. The Morgan fingerprint density at radius 2 is 2.05 bits per heavy atom. The average Bonchev–Trinajstić information content (AvgIpc) is 2.37.